The minimum atomic E-state index is -0.250. The molecule has 0 aromatic heterocycles. The summed E-state index contributed by atoms with van der Waals surface area (Å²) in [6.45, 7) is 3.45. The van der Waals surface area contributed by atoms with Gasteiger partial charge in [-0.3, -0.25) is 11.3 Å². The first-order chi connectivity index (χ1) is 5.88. The molecule has 13 heavy (non-hydrogen) atoms. The van der Waals surface area contributed by atoms with Crippen LogP contribution in [0.1, 0.15) is 32.1 Å². The van der Waals surface area contributed by atoms with Gasteiger partial charge in [-0.1, -0.05) is 19.4 Å². The molecule has 0 atom stereocenters. The smallest absolute Gasteiger partial charge is 0.483 e. The third-order valence-corrected chi connectivity index (χ3v) is 2.54. The van der Waals surface area contributed by atoms with Crippen LogP contribution in [-0.4, -0.2) is 29.1 Å². The van der Waals surface area contributed by atoms with Gasteiger partial charge in [-0.25, -0.2) is 0 Å². The van der Waals surface area contributed by atoms with Crippen LogP contribution < -0.4 is 18.9 Å². The number of nitrogens with zero attached hydrogens (tertiary/aromatic N) is 1. The van der Waals surface area contributed by atoms with Crippen molar-refractivity contribution in [2.24, 2.45) is 0 Å². The van der Waals surface area contributed by atoms with Crippen molar-refractivity contribution in [1.82, 2.24) is 4.90 Å². The van der Waals surface area contributed by atoms with Gasteiger partial charge in [0, 0.05) is 0 Å². The predicted octanol–water partition coefficient (Wildman–Crippen LogP) is -1.50. The SMILES string of the molecule is O=CO.[CH-]1CCN1C1CCCC1.[Li+]. The van der Waals surface area contributed by atoms with Gasteiger partial charge in [0.15, 0.2) is 0 Å². The molecule has 2 fully saturated rings. The first-order valence-corrected chi connectivity index (χ1v) is 4.55. The molecule has 0 amide bonds. The van der Waals surface area contributed by atoms with E-state index in [4.69, 9.17) is 9.90 Å². The van der Waals surface area contributed by atoms with Crippen molar-refractivity contribution in [3.8, 4) is 0 Å². The van der Waals surface area contributed by atoms with Crippen LogP contribution in [0.25, 0.3) is 0 Å². The predicted molar refractivity (Wildman–Crippen MR) is 46.6 cm³/mol. The van der Waals surface area contributed by atoms with Crippen LogP contribution in [0.5, 0.6) is 0 Å². The van der Waals surface area contributed by atoms with E-state index >= 15 is 0 Å². The molecule has 1 N–H and O–H groups in total. The van der Waals surface area contributed by atoms with Crippen LogP contribution in [0.15, 0.2) is 0 Å². The van der Waals surface area contributed by atoms with Crippen LogP contribution in [0.4, 0.5) is 0 Å². The molecule has 2 rings (SSSR count). The molecular formula is C9H16LiNO2. The molecular weight excluding hydrogens is 161 g/mol. The zero-order chi connectivity index (χ0) is 8.81. The van der Waals surface area contributed by atoms with Gasteiger partial charge in [-0.2, -0.15) is 6.42 Å². The van der Waals surface area contributed by atoms with Gasteiger partial charge in [-0.15, -0.1) is 0 Å². The summed E-state index contributed by atoms with van der Waals surface area (Å²) in [7, 11) is 0. The molecule has 1 saturated carbocycles. The fourth-order valence-electron chi connectivity index (χ4n) is 1.85. The van der Waals surface area contributed by atoms with E-state index in [2.05, 4.69) is 11.4 Å². The van der Waals surface area contributed by atoms with Gasteiger partial charge >= 0.3 is 18.9 Å². The summed E-state index contributed by atoms with van der Waals surface area (Å²) in [4.78, 5) is 10.9. The number of hydrogen-bond acceptors (Lipinski definition) is 2. The third-order valence-electron chi connectivity index (χ3n) is 2.54. The Bertz CT molecular complexity index is 134. The van der Waals surface area contributed by atoms with E-state index < -0.39 is 0 Å². The maximum absolute atomic E-state index is 8.36. The largest absolute Gasteiger partial charge is 1.00 e. The van der Waals surface area contributed by atoms with Crippen molar-refractivity contribution >= 4 is 6.47 Å². The average Bonchev–Trinajstić information content (AvgIpc) is 2.37. The van der Waals surface area contributed by atoms with Crippen LogP contribution in [0, 0.1) is 6.54 Å². The van der Waals surface area contributed by atoms with E-state index in [1.807, 2.05) is 0 Å². The van der Waals surface area contributed by atoms with Crippen LogP contribution >= 0.6 is 0 Å². The first-order valence-electron chi connectivity index (χ1n) is 4.55. The molecule has 1 heterocycles. The molecule has 0 radical (unpaired) electrons. The Morgan fingerprint density at radius 3 is 2.15 bits per heavy atom. The van der Waals surface area contributed by atoms with Crippen molar-refractivity contribution < 1.29 is 28.8 Å². The molecule has 1 aliphatic carbocycles. The van der Waals surface area contributed by atoms with Gasteiger partial charge < -0.3 is 10.0 Å². The summed E-state index contributed by atoms with van der Waals surface area (Å²) < 4.78 is 0. The normalized spacial score (nSPS) is 22.2. The summed E-state index contributed by atoms with van der Waals surface area (Å²) in [5.41, 5.74) is 0. The minimum Gasteiger partial charge on any atom is -0.483 e. The third kappa shape index (κ3) is 4.17. The monoisotopic (exact) mass is 177 g/mol. The Labute approximate surface area is 91.7 Å². The Balaban J connectivity index is 0.000000324. The summed E-state index contributed by atoms with van der Waals surface area (Å²) in [6, 6.07) is 0.943. The number of carbonyl (C=O) groups is 1. The van der Waals surface area contributed by atoms with Crippen molar-refractivity contribution in [2.45, 2.75) is 38.1 Å². The van der Waals surface area contributed by atoms with Gasteiger partial charge in [0.1, 0.15) is 0 Å². The van der Waals surface area contributed by atoms with E-state index in [0.717, 1.165) is 6.04 Å². The molecule has 0 aromatic rings. The topological polar surface area (TPSA) is 40.5 Å². The summed E-state index contributed by atoms with van der Waals surface area (Å²) >= 11 is 0. The van der Waals surface area contributed by atoms with Gasteiger partial charge in [0.25, 0.3) is 6.47 Å². The summed E-state index contributed by atoms with van der Waals surface area (Å²) in [5.74, 6) is 0. The molecule has 0 spiro atoms. The second-order valence-electron chi connectivity index (χ2n) is 3.25. The van der Waals surface area contributed by atoms with Crippen LogP contribution in [0.3, 0.4) is 0 Å². The second-order valence-corrected chi connectivity index (χ2v) is 3.25. The van der Waals surface area contributed by atoms with Crippen molar-refractivity contribution in [3.05, 3.63) is 6.54 Å². The van der Waals surface area contributed by atoms with E-state index in [9.17, 15) is 0 Å². The molecule has 4 heteroatoms. The number of rotatable bonds is 1. The Hall–Kier alpha value is 0.0274. The Morgan fingerprint density at radius 1 is 1.38 bits per heavy atom. The molecule has 1 aliphatic heterocycles. The Morgan fingerprint density at radius 2 is 1.85 bits per heavy atom. The molecule has 2 aliphatic rings. The minimum absolute atomic E-state index is 0. The maximum Gasteiger partial charge on any atom is 1.00 e. The molecule has 70 valence electrons. The van der Waals surface area contributed by atoms with Gasteiger partial charge in [0.05, 0.1) is 0 Å². The number of hydrogen-bond donors (Lipinski definition) is 1. The first kappa shape index (κ1) is 13.0. The quantitative estimate of drug-likeness (QED) is 0.301. The maximum atomic E-state index is 8.36. The standard InChI is InChI=1S/C8H14N.CH2O2.Li/c1-2-5-8(4-1)9-6-3-7-9;2-1-3;/h6,8H,1-5,7H2;1H,(H,2,3);/q-1;;+1. The molecule has 0 bridgehead atoms. The van der Waals surface area contributed by atoms with Crippen LogP contribution in [0.2, 0.25) is 0 Å². The molecule has 3 nitrogen and oxygen atoms in total. The van der Waals surface area contributed by atoms with Gasteiger partial charge in [-0.05, 0) is 18.9 Å². The second kappa shape index (κ2) is 7.43. The zero-order valence-corrected chi connectivity index (χ0v) is 8.28. The van der Waals surface area contributed by atoms with Crippen molar-refractivity contribution in [3.63, 3.8) is 0 Å². The summed E-state index contributed by atoms with van der Waals surface area (Å²) in [5, 5.41) is 6.89. The fraction of sp³-hybridized carbons (Fsp3) is 0.778. The number of carboxylic acid groups (broad SMARTS) is 1. The van der Waals surface area contributed by atoms with Crippen LogP contribution in [-0.2, 0) is 4.79 Å². The van der Waals surface area contributed by atoms with Crippen molar-refractivity contribution in [2.75, 3.05) is 6.54 Å². The van der Waals surface area contributed by atoms with E-state index in [0.29, 0.717) is 0 Å². The van der Waals surface area contributed by atoms with E-state index in [1.165, 1.54) is 38.6 Å². The van der Waals surface area contributed by atoms with Gasteiger partial charge in [0.2, 0.25) is 0 Å². The van der Waals surface area contributed by atoms with E-state index in [-0.39, 0.29) is 25.3 Å². The van der Waals surface area contributed by atoms with E-state index in [1.54, 1.807) is 0 Å². The number of likely N-dealkylation sites (tertiary alicyclic amines) is 1. The molecule has 1 saturated heterocycles. The molecule has 0 unspecified atom stereocenters. The molecule has 0 aromatic carbocycles. The Kier molecular flexibility index (Phi) is 7.45. The summed E-state index contributed by atoms with van der Waals surface area (Å²) in [6.07, 6.45) is 7.17. The van der Waals surface area contributed by atoms with Crippen molar-refractivity contribution in [1.29, 1.82) is 0 Å². The fourth-order valence-corrected chi connectivity index (χ4v) is 1.85. The average molecular weight is 177 g/mol. The zero-order valence-electron chi connectivity index (χ0n) is 8.28.